The Hall–Kier alpha value is -0.770. The quantitative estimate of drug-likeness (QED) is 0.824. The van der Waals surface area contributed by atoms with Crippen LogP contribution >= 0.6 is 0 Å². The Bertz CT molecular complexity index is 269. The highest BCUT2D eigenvalue weighted by atomic mass is 16.2. The molecule has 0 aromatic rings. The van der Waals surface area contributed by atoms with Crippen molar-refractivity contribution in [3.8, 4) is 0 Å². The van der Waals surface area contributed by atoms with Gasteiger partial charge in [0.25, 0.3) is 0 Å². The zero-order valence-corrected chi connectivity index (χ0v) is 13.1. The summed E-state index contributed by atoms with van der Waals surface area (Å²) in [6.07, 6.45) is 8.73. The van der Waals surface area contributed by atoms with Crippen molar-refractivity contribution in [3.05, 3.63) is 0 Å². The lowest BCUT2D eigenvalue weighted by molar-refractivity contribution is 0.185. The van der Waals surface area contributed by atoms with Crippen LogP contribution in [-0.4, -0.2) is 43.2 Å². The monoisotopic (exact) mass is 269 g/mol. The maximum absolute atomic E-state index is 11.9. The highest BCUT2D eigenvalue weighted by Gasteiger charge is 2.21. The van der Waals surface area contributed by atoms with E-state index in [0.29, 0.717) is 12.6 Å². The van der Waals surface area contributed by atoms with Crippen LogP contribution in [0.15, 0.2) is 0 Å². The molecular formula is C15H31N3O. The summed E-state index contributed by atoms with van der Waals surface area (Å²) in [6, 6.07) is 0.350. The standard InChI is InChI=1S/C15H31N3O/c1-15(2,18(3)4)12-16-14(19)17-13-10-8-6-5-7-9-11-13/h13H,5-12H2,1-4H3,(H2,16,17,19). The van der Waals surface area contributed by atoms with Crippen LogP contribution in [0.4, 0.5) is 4.79 Å². The topological polar surface area (TPSA) is 44.4 Å². The number of amides is 2. The largest absolute Gasteiger partial charge is 0.336 e. The van der Waals surface area contributed by atoms with Crippen LogP contribution in [0.2, 0.25) is 0 Å². The van der Waals surface area contributed by atoms with Crippen LogP contribution < -0.4 is 10.6 Å². The molecule has 0 bridgehead atoms. The van der Waals surface area contributed by atoms with E-state index in [1.165, 1.54) is 32.1 Å². The Kier molecular flexibility index (Phi) is 6.63. The number of nitrogens with one attached hydrogen (secondary N) is 2. The second-order valence-corrected chi connectivity index (χ2v) is 6.58. The van der Waals surface area contributed by atoms with Crippen LogP contribution in [0.3, 0.4) is 0 Å². The summed E-state index contributed by atoms with van der Waals surface area (Å²) in [6.45, 7) is 4.92. The van der Waals surface area contributed by atoms with Gasteiger partial charge in [-0.1, -0.05) is 32.1 Å². The number of carbonyl (C=O) groups is 1. The Morgan fingerprint density at radius 3 is 2.16 bits per heavy atom. The molecule has 0 heterocycles. The number of nitrogens with zero attached hydrogens (tertiary/aromatic N) is 1. The molecule has 0 aromatic carbocycles. The first-order valence-corrected chi connectivity index (χ1v) is 7.63. The van der Waals surface area contributed by atoms with Crippen molar-refractivity contribution in [1.29, 1.82) is 0 Å². The first kappa shape index (κ1) is 16.3. The highest BCUT2D eigenvalue weighted by molar-refractivity contribution is 5.74. The van der Waals surface area contributed by atoms with Crippen LogP contribution in [0, 0.1) is 0 Å². The minimum absolute atomic E-state index is 0.0134. The fourth-order valence-corrected chi connectivity index (χ4v) is 2.29. The van der Waals surface area contributed by atoms with Crippen molar-refractivity contribution in [2.24, 2.45) is 0 Å². The molecule has 1 aliphatic carbocycles. The summed E-state index contributed by atoms with van der Waals surface area (Å²) >= 11 is 0. The van der Waals surface area contributed by atoms with Crippen molar-refractivity contribution < 1.29 is 4.79 Å². The summed E-state index contributed by atoms with van der Waals surface area (Å²) in [5.41, 5.74) is -0.0156. The Morgan fingerprint density at radius 2 is 1.63 bits per heavy atom. The maximum Gasteiger partial charge on any atom is 0.315 e. The normalized spacial score (nSPS) is 18.8. The Morgan fingerprint density at radius 1 is 1.11 bits per heavy atom. The average molecular weight is 269 g/mol. The van der Waals surface area contributed by atoms with Crippen molar-refractivity contribution in [1.82, 2.24) is 15.5 Å². The number of urea groups is 1. The third-order valence-electron chi connectivity index (χ3n) is 4.33. The van der Waals surface area contributed by atoms with Gasteiger partial charge in [-0.3, -0.25) is 0 Å². The van der Waals surface area contributed by atoms with Crippen LogP contribution in [0.5, 0.6) is 0 Å². The molecule has 112 valence electrons. The van der Waals surface area contributed by atoms with Gasteiger partial charge in [0.15, 0.2) is 0 Å². The minimum Gasteiger partial charge on any atom is -0.336 e. The summed E-state index contributed by atoms with van der Waals surface area (Å²) in [7, 11) is 4.07. The van der Waals surface area contributed by atoms with Crippen molar-refractivity contribution >= 4 is 6.03 Å². The van der Waals surface area contributed by atoms with Gasteiger partial charge < -0.3 is 15.5 Å². The minimum atomic E-state index is -0.0156. The van der Waals surface area contributed by atoms with Gasteiger partial charge in [-0.2, -0.15) is 0 Å². The fourth-order valence-electron chi connectivity index (χ4n) is 2.29. The van der Waals surface area contributed by atoms with E-state index in [1.54, 1.807) is 0 Å². The van der Waals surface area contributed by atoms with Gasteiger partial charge in [0.05, 0.1) is 0 Å². The SMILES string of the molecule is CN(C)C(C)(C)CNC(=O)NC1CCCCCCC1. The Balaban J connectivity index is 2.29. The zero-order valence-electron chi connectivity index (χ0n) is 13.1. The molecule has 1 fully saturated rings. The molecule has 1 saturated carbocycles. The molecule has 2 amide bonds. The maximum atomic E-state index is 11.9. The van der Waals surface area contributed by atoms with Gasteiger partial charge in [-0.05, 0) is 40.8 Å². The highest BCUT2D eigenvalue weighted by Crippen LogP contribution is 2.17. The van der Waals surface area contributed by atoms with Crippen LogP contribution in [0.1, 0.15) is 58.8 Å². The van der Waals surface area contributed by atoms with Crippen molar-refractivity contribution in [3.63, 3.8) is 0 Å². The molecule has 0 atom stereocenters. The lowest BCUT2D eigenvalue weighted by atomic mass is 9.97. The lowest BCUT2D eigenvalue weighted by Crippen LogP contribution is -2.51. The molecule has 4 nitrogen and oxygen atoms in total. The molecule has 2 N–H and O–H groups in total. The lowest BCUT2D eigenvalue weighted by Gasteiger charge is -2.33. The van der Waals surface area contributed by atoms with Gasteiger partial charge in [-0.25, -0.2) is 4.79 Å². The first-order chi connectivity index (χ1) is 8.92. The molecule has 0 radical (unpaired) electrons. The third-order valence-corrected chi connectivity index (χ3v) is 4.33. The van der Waals surface area contributed by atoms with Gasteiger partial charge in [0, 0.05) is 18.1 Å². The summed E-state index contributed by atoms with van der Waals surface area (Å²) in [4.78, 5) is 14.1. The first-order valence-electron chi connectivity index (χ1n) is 7.63. The van der Waals surface area contributed by atoms with E-state index in [9.17, 15) is 4.79 Å². The van der Waals surface area contributed by atoms with Gasteiger partial charge in [0.2, 0.25) is 0 Å². The molecule has 0 unspecified atom stereocenters. The van der Waals surface area contributed by atoms with E-state index in [0.717, 1.165) is 12.8 Å². The molecule has 1 aliphatic rings. The molecule has 0 saturated heterocycles. The predicted octanol–water partition coefficient (Wildman–Crippen LogP) is 2.74. The number of hydrogen-bond donors (Lipinski definition) is 2. The van der Waals surface area contributed by atoms with Crippen LogP contribution in [-0.2, 0) is 0 Å². The second kappa shape index (κ2) is 7.73. The number of likely N-dealkylation sites (N-methyl/N-ethyl adjacent to an activating group) is 1. The molecule has 4 heteroatoms. The molecule has 0 aromatic heterocycles. The molecule has 19 heavy (non-hydrogen) atoms. The molecule has 0 spiro atoms. The second-order valence-electron chi connectivity index (χ2n) is 6.58. The van der Waals surface area contributed by atoms with E-state index in [4.69, 9.17) is 0 Å². The van der Waals surface area contributed by atoms with Crippen molar-refractivity contribution in [2.45, 2.75) is 70.4 Å². The van der Waals surface area contributed by atoms with Crippen molar-refractivity contribution in [2.75, 3.05) is 20.6 Å². The van der Waals surface area contributed by atoms with E-state index in [1.807, 2.05) is 14.1 Å². The average Bonchev–Trinajstić information content (AvgIpc) is 2.30. The van der Waals surface area contributed by atoms with Crippen LogP contribution in [0.25, 0.3) is 0 Å². The predicted molar refractivity (Wildman–Crippen MR) is 80.4 cm³/mol. The fraction of sp³-hybridized carbons (Fsp3) is 0.933. The number of hydrogen-bond acceptors (Lipinski definition) is 2. The molecule has 1 rings (SSSR count). The number of rotatable bonds is 4. The summed E-state index contributed by atoms with van der Waals surface area (Å²) in [5, 5.41) is 6.13. The van der Waals surface area contributed by atoms with E-state index in [2.05, 4.69) is 29.4 Å². The van der Waals surface area contributed by atoms with Gasteiger partial charge >= 0.3 is 6.03 Å². The van der Waals surface area contributed by atoms with E-state index < -0.39 is 0 Å². The third kappa shape index (κ3) is 6.28. The molecule has 0 aliphatic heterocycles. The molecular weight excluding hydrogens is 238 g/mol. The van der Waals surface area contributed by atoms with Gasteiger partial charge in [0.1, 0.15) is 0 Å². The number of carbonyl (C=O) groups excluding carboxylic acids is 1. The summed E-state index contributed by atoms with van der Waals surface area (Å²) < 4.78 is 0. The van der Waals surface area contributed by atoms with E-state index in [-0.39, 0.29) is 11.6 Å². The zero-order chi connectivity index (χ0) is 14.3. The smallest absolute Gasteiger partial charge is 0.315 e. The summed E-state index contributed by atoms with van der Waals surface area (Å²) in [5.74, 6) is 0. The van der Waals surface area contributed by atoms with Gasteiger partial charge in [-0.15, -0.1) is 0 Å². The Labute approximate surface area is 118 Å². The van der Waals surface area contributed by atoms with E-state index >= 15 is 0 Å².